The van der Waals surface area contributed by atoms with Gasteiger partial charge in [-0.25, -0.2) is 0 Å². The van der Waals surface area contributed by atoms with Crippen molar-refractivity contribution in [3.05, 3.63) is 15.0 Å². The molecule has 0 aliphatic heterocycles. The fourth-order valence-corrected chi connectivity index (χ4v) is 0.317. The lowest BCUT2D eigenvalue weighted by Crippen LogP contribution is -2.17. The van der Waals surface area contributed by atoms with Gasteiger partial charge in [0.05, 0.1) is 0 Å². The molecule has 0 fully saturated rings. The van der Waals surface area contributed by atoms with E-state index in [0.717, 1.165) is 0 Å². The Bertz CT molecular complexity index is 114. The van der Waals surface area contributed by atoms with Gasteiger partial charge in [-0.1, -0.05) is 0 Å². The SMILES string of the molecule is CC(C[N+](=O)[O-])ON=O. The normalized spacial score (nSPS) is 12.1. The number of rotatable bonds is 4. The Morgan fingerprint density at radius 3 is 2.78 bits per heavy atom. The van der Waals surface area contributed by atoms with Crippen LogP contribution < -0.4 is 0 Å². The fraction of sp³-hybridized carbons (Fsp3) is 1.00. The number of nitro groups is 1. The highest BCUT2D eigenvalue weighted by molar-refractivity contribution is 4.41. The van der Waals surface area contributed by atoms with Gasteiger partial charge in [0.25, 0.3) is 0 Å². The first kappa shape index (κ1) is 7.80. The van der Waals surface area contributed by atoms with Crippen molar-refractivity contribution < 1.29 is 9.76 Å². The third-order valence-corrected chi connectivity index (χ3v) is 0.629. The molecule has 0 aliphatic carbocycles. The van der Waals surface area contributed by atoms with Crippen molar-refractivity contribution in [2.45, 2.75) is 13.0 Å². The molecule has 0 aromatic carbocycles. The molecule has 0 aromatic heterocycles. The largest absolute Gasteiger partial charge is 0.354 e. The maximum absolute atomic E-state index is 9.67. The molecule has 0 saturated carbocycles. The summed E-state index contributed by atoms with van der Waals surface area (Å²) >= 11 is 0. The average Bonchev–Trinajstić information content (AvgIpc) is 1.63. The topological polar surface area (TPSA) is 81.8 Å². The van der Waals surface area contributed by atoms with Crippen LogP contribution in [0.1, 0.15) is 6.92 Å². The molecule has 0 aliphatic rings. The third-order valence-electron chi connectivity index (χ3n) is 0.629. The van der Waals surface area contributed by atoms with Crippen molar-refractivity contribution in [3.63, 3.8) is 0 Å². The number of hydrogen-bond donors (Lipinski definition) is 0. The standard InChI is InChI=1S/C3H6N2O4/c1-3(9-4-6)2-5(7)8/h3H,2H2,1H3. The van der Waals surface area contributed by atoms with E-state index in [-0.39, 0.29) is 0 Å². The van der Waals surface area contributed by atoms with Gasteiger partial charge >= 0.3 is 0 Å². The zero-order chi connectivity index (χ0) is 7.28. The highest BCUT2D eigenvalue weighted by atomic mass is 16.7. The first-order chi connectivity index (χ1) is 4.16. The van der Waals surface area contributed by atoms with Crippen molar-refractivity contribution in [2.24, 2.45) is 5.34 Å². The summed E-state index contributed by atoms with van der Waals surface area (Å²) in [6, 6.07) is 0. The highest BCUT2D eigenvalue weighted by Gasteiger charge is 2.09. The van der Waals surface area contributed by atoms with Crippen LogP contribution in [-0.4, -0.2) is 17.6 Å². The lowest BCUT2D eigenvalue weighted by Gasteiger charge is -1.98. The molecular weight excluding hydrogens is 128 g/mol. The fourth-order valence-electron chi connectivity index (χ4n) is 0.317. The Hall–Kier alpha value is -1.20. The monoisotopic (exact) mass is 134 g/mol. The number of nitrogens with zero attached hydrogens (tertiary/aromatic N) is 2. The summed E-state index contributed by atoms with van der Waals surface area (Å²) in [5, 5.41) is 11.7. The van der Waals surface area contributed by atoms with Crippen molar-refractivity contribution in [3.8, 4) is 0 Å². The van der Waals surface area contributed by atoms with Crippen LogP contribution >= 0.6 is 0 Å². The maximum atomic E-state index is 9.67. The molecule has 0 saturated heterocycles. The molecule has 52 valence electrons. The smallest absolute Gasteiger partial charge is 0.242 e. The van der Waals surface area contributed by atoms with E-state index in [9.17, 15) is 15.0 Å². The predicted octanol–water partition coefficient (Wildman–Crippen LogP) is 0.350. The minimum atomic E-state index is -0.738. The van der Waals surface area contributed by atoms with Crippen LogP contribution in [0.3, 0.4) is 0 Å². The second-order valence-corrected chi connectivity index (χ2v) is 1.51. The first-order valence-electron chi connectivity index (χ1n) is 2.27. The summed E-state index contributed by atoms with van der Waals surface area (Å²) in [5.41, 5.74) is 0. The Kier molecular flexibility index (Phi) is 3.26. The number of hydrogen-bond acceptors (Lipinski definition) is 5. The molecule has 9 heavy (non-hydrogen) atoms. The summed E-state index contributed by atoms with van der Waals surface area (Å²) in [6.07, 6.45) is -0.738. The Labute approximate surface area is 50.9 Å². The predicted molar refractivity (Wildman–Crippen MR) is 28.2 cm³/mol. The van der Waals surface area contributed by atoms with E-state index in [1.54, 1.807) is 0 Å². The molecule has 6 nitrogen and oxygen atoms in total. The molecule has 0 amide bonds. The van der Waals surface area contributed by atoms with Crippen LogP contribution in [0, 0.1) is 15.0 Å². The van der Waals surface area contributed by atoms with Crippen LogP contribution in [0.5, 0.6) is 0 Å². The molecule has 0 N–H and O–H groups in total. The van der Waals surface area contributed by atoms with Gasteiger partial charge in [0, 0.05) is 4.92 Å². The van der Waals surface area contributed by atoms with Gasteiger partial charge in [-0.05, 0) is 6.92 Å². The minimum Gasteiger partial charge on any atom is -0.354 e. The summed E-state index contributed by atoms with van der Waals surface area (Å²) in [5.74, 6) is 0. The van der Waals surface area contributed by atoms with Gasteiger partial charge in [-0.15, -0.1) is 4.91 Å². The highest BCUT2D eigenvalue weighted by Crippen LogP contribution is 1.89. The van der Waals surface area contributed by atoms with Gasteiger partial charge in [-0.2, -0.15) is 0 Å². The lowest BCUT2D eigenvalue weighted by atomic mass is 10.4. The lowest BCUT2D eigenvalue weighted by molar-refractivity contribution is -0.490. The van der Waals surface area contributed by atoms with E-state index >= 15 is 0 Å². The average molecular weight is 134 g/mol. The minimum absolute atomic E-state index is 0.397. The molecule has 0 heterocycles. The van der Waals surface area contributed by atoms with Gasteiger partial charge in [0.15, 0.2) is 11.4 Å². The van der Waals surface area contributed by atoms with Crippen molar-refractivity contribution in [1.82, 2.24) is 0 Å². The molecule has 1 atom stereocenters. The van der Waals surface area contributed by atoms with Crippen LogP contribution in [0.2, 0.25) is 0 Å². The summed E-state index contributed by atoms with van der Waals surface area (Å²) < 4.78 is 0. The molecule has 1 unspecified atom stereocenters. The van der Waals surface area contributed by atoms with Crippen LogP contribution in [0.15, 0.2) is 5.34 Å². The molecule has 6 heteroatoms. The van der Waals surface area contributed by atoms with Crippen LogP contribution in [-0.2, 0) is 4.84 Å². The van der Waals surface area contributed by atoms with Crippen molar-refractivity contribution in [1.29, 1.82) is 0 Å². The first-order valence-corrected chi connectivity index (χ1v) is 2.27. The summed E-state index contributed by atoms with van der Waals surface area (Å²) in [4.78, 5) is 22.4. The molecule has 0 aromatic rings. The van der Waals surface area contributed by atoms with Gasteiger partial charge in [-0.3, -0.25) is 10.1 Å². The zero-order valence-electron chi connectivity index (χ0n) is 4.81. The second-order valence-electron chi connectivity index (χ2n) is 1.51. The van der Waals surface area contributed by atoms with Gasteiger partial charge in [0.1, 0.15) is 0 Å². The summed E-state index contributed by atoms with van der Waals surface area (Å²) in [6.45, 7) is 0.996. The maximum Gasteiger partial charge on any atom is 0.242 e. The van der Waals surface area contributed by atoms with E-state index in [1.807, 2.05) is 5.34 Å². The van der Waals surface area contributed by atoms with Crippen LogP contribution in [0.25, 0.3) is 0 Å². The molecule has 0 spiro atoms. The molecular formula is C3H6N2O4. The molecule has 0 rings (SSSR count). The Balaban J connectivity index is 3.37. The molecule has 0 radical (unpaired) electrons. The third kappa shape index (κ3) is 4.66. The molecule has 0 bridgehead atoms. The van der Waals surface area contributed by atoms with E-state index in [1.165, 1.54) is 6.92 Å². The van der Waals surface area contributed by atoms with Crippen molar-refractivity contribution >= 4 is 0 Å². The van der Waals surface area contributed by atoms with E-state index < -0.39 is 17.6 Å². The van der Waals surface area contributed by atoms with E-state index in [2.05, 4.69) is 4.84 Å². The van der Waals surface area contributed by atoms with Gasteiger partial charge in [0.2, 0.25) is 6.54 Å². The quantitative estimate of drug-likeness (QED) is 0.315. The van der Waals surface area contributed by atoms with Crippen LogP contribution in [0.4, 0.5) is 0 Å². The Morgan fingerprint density at radius 2 is 2.44 bits per heavy atom. The Morgan fingerprint density at radius 1 is 1.89 bits per heavy atom. The van der Waals surface area contributed by atoms with Gasteiger partial charge < -0.3 is 4.84 Å². The van der Waals surface area contributed by atoms with E-state index in [0.29, 0.717) is 0 Å². The van der Waals surface area contributed by atoms with Crippen molar-refractivity contribution in [2.75, 3.05) is 6.54 Å². The summed E-state index contributed by atoms with van der Waals surface area (Å²) in [7, 11) is 0. The zero-order valence-corrected chi connectivity index (χ0v) is 4.81. The second kappa shape index (κ2) is 3.76. The van der Waals surface area contributed by atoms with E-state index in [4.69, 9.17) is 0 Å².